The second-order valence-corrected chi connectivity index (χ2v) is 2.72. The summed E-state index contributed by atoms with van der Waals surface area (Å²) in [5.41, 5.74) is 0. The standard InChI is InChI=1S/C4H8O2S/c1-4-2-3-5-6-7-4/h4H,2-3H2,1H3. The van der Waals surface area contributed by atoms with Crippen LogP contribution in [0.15, 0.2) is 0 Å². The molecular formula is C4H8O2S. The fourth-order valence-corrected chi connectivity index (χ4v) is 0.841. The third-order valence-electron chi connectivity index (χ3n) is 0.859. The van der Waals surface area contributed by atoms with E-state index in [9.17, 15) is 0 Å². The summed E-state index contributed by atoms with van der Waals surface area (Å²) in [6.45, 7) is 2.86. The van der Waals surface area contributed by atoms with Gasteiger partial charge >= 0.3 is 0 Å². The van der Waals surface area contributed by atoms with Gasteiger partial charge in [0.2, 0.25) is 0 Å². The Labute approximate surface area is 47.3 Å². The second-order valence-electron chi connectivity index (χ2n) is 1.59. The SMILES string of the molecule is CC1CCOOS1. The van der Waals surface area contributed by atoms with Crippen LogP contribution in [0.25, 0.3) is 0 Å². The predicted molar refractivity (Wildman–Crippen MR) is 28.7 cm³/mol. The van der Waals surface area contributed by atoms with Gasteiger partial charge in [-0.15, -0.1) is 0 Å². The Morgan fingerprint density at radius 2 is 2.57 bits per heavy atom. The van der Waals surface area contributed by atoms with E-state index in [1.54, 1.807) is 0 Å². The Morgan fingerprint density at radius 1 is 1.71 bits per heavy atom. The van der Waals surface area contributed by atoms with Crippen molar-refractivity contribution in [2.75, 3.05) is 6.61 Å². The monoisotopic (exact) mass is 120 g/mol. The molecule has 3 heteroatoms. The van der Waals surface area contributed by atoms with Crippen molar-refractivity contribution in [1.29, 1.82) is 0 Å². The first-order chi connectivity index (χ1) is 3.39. The molecule has 0 spiro atoms. The average molecular weight is 120 g/mol. The summed E-state index contributed by atoms with van der Waals surface area (Å²) in [6.07, 6.45) is 1.10. The molecule has 1 rings (SSSR count). The van der Waals surface area contributed by atoms with Gasteiger partial charge in [0.1, 0.15) is 0 Å². The summed E-state index contributed by atoms with van der Waals surface area (Å²) < 4.78 is 4.60. The molecule has 42 valence electrons. The molecule has 1 fully saturated rings. The summed E-state index contributed by atoms with van der Waals surface area (Å²) in [5, 5.41) is 0.605. The van der Waals surface area contributed by atoms with Gasteiger partial charge in [-0.1, -0.05) is 6.92 Å². The lowest BCUT2D eigenvalue weighted by atomic mass is 10.3. The number of hydrogen-bond acceptors (Lipinski definition) is 3. The van der Waals surface area contributed by atoms with Gasteiger partial charge < -0.3 is 0 Å². The lowest BCUT2D eigenvalue weighted by Crippen LogP contribution is -2.09. The van der Waals surface area contributed by atoms with Gasteiger partial charge in [-0.05, 0) is 6.42 Å². The van der Waals surface area contributed by atoms with Gasteiger partial charge in [-0.2, -0.15) is 4.33 Å². The van der Waals surface area contributed by atoms with Crippen LogP contribution in [0.5, 0.6) is 0 Å². The quantitative estimate of drug-likeness (QED) is 0.355. The Morgan fingerprint density at radius 3 is 2.86 bits per heavy atom. The fourth-order valence-electron chi connectivity index (χ4n) is 0.391. The molecule has 1 atom stereocenters. The first-order valence-corrected chi connectivity index (χ1v) is 3.15. The molecule has 1 aliphatic rings. The Kier molecular flexibility index (Phi) is 1.97. The normalized spacial score (nSPS) is 33.0. The Balaban J connectivity index is 2.12. The summed E-state index contributed by atoms with van der Waals surface area (Å²) in [5.74, 6) is 0. The van der Waals surface area contributed by atoms with Gasteiger partial charge in [-0.25, -0.2) is 4.89 Å². The van der Waals surface area contributed by atoms with Gasteiger partial charge in [0.15, 0.2) is 0 Å². The van der Waals surface area contributed by atoms with Crippen molar-refractivity contribution in [1.82, 2.24) is 0 Å². The van der Waals surface area contributed by atoms with Crippen LogP contribution in [0.4, 0.5) is 0 Å². The molecule has 7 heavy (non-hydrogen) atoms. The minimum atomic E-state index is 0.605. The van der Waals surface area contributed by atoms with Crippen molar-refractivity contribution in [3.8, 4) is 0 Å². The zero-order valence-corrected chi connectivity index (χ0v) is 5.03. The molecule has 0 aromatic heterocycles. The van der Waals surface area contributed by atoms with Crippen LogP contribution < -0.4 is 0 Å². The van der Waals surface area contributed by atoms with E-state index in [1.165, 1.54) is 12.0 Å². The second kappa shape index (κ2) is 2.55. The smallest absolute Gasteiger partial charge is 0.0846 e. The Hall–Kier alpha value is 0.270. The van der Waals surface area contributed by atoms with Crippen LogP contribution in [-0.4, -0.2) is 11.9 Å². The van der Waals surface area contributed by atoms with E-state index in [2.05, 4.69) is 16.1 Å². The topological polar surface area (TPSA) is 18.5 Å². The van der Waals surface area contributed by atoms with Crippen molar-refractivity contribution in [2.45, 2.75) is 18.6 Å². The average Bonchev–Trinajstić information content (AvgIpc) is 1.69. The zero-order chi connectivity index (χ0) is 5.11. The minimum Gasteiger partial charge on any atom is -0.224 e. The molecule has 1 aliphatic heterocycles. The van der Waals surface area contributed by atoms with Crippen molar-refractivity contribution >= 4 is 12.0 Å². The van der Waals surface area contributed by atoms with E-state index in [4.69, 9.17) is 0 Å². The molecule has 1 saturated heterocycles. The largest absolute Gasteiger partial charge is 0.224 e. The van der Waals surface area contributed by atoms with Crippen molar-refractivity contribution in [3.05, 3.63) is 0 Å². The third kappa shape index (κ3) is 1.67. The first-order valence-electron chi connectivity index (χ1n) is 2.34. The molecule has 0 aromatic carbocycles. The van der Waals surface area contributed by atoms with Crippen LogP contribution in [0, 0.1) is 0 Å². The predicted octanol–water partition coefficient (Wildman–Crippen LogP) is 1.38. The highest BCUT2D eigenvalue weighted by molar-refractivity contribution is 7.95. The third-order valence-corrected chi connectivity index (χ3v) is 1.60. The van der Waals surface area contributed by atoms with E-state index in [-0.39, 0.29) is 0 Å². The van der Waals surface area contributed by atoms with Crippen molar-refractivity contribution in [2.24, 2.45) is 0 Å². The van der Waals surface area contributed by atoms with Crippen molar-refractivity contribution in [3.63, 3.8) is 0 Å². The molecule has 0 aromatic rings. The molecule has 0 radical (unpaired) electrons. The van der Waals surface area contributed by atoms with Gasteiger partial charge in [0.05, 0.1) is 6.61 Å². The van der Waals surface area contributed by atoms with Gasteiger partial charge in [0, 0.05) is 17.3 Å². The molecule has 0 N–H and O–H groups in total. The first kappa shape index (κ1) is 5.41. The molecule has 0 aliphatic carbocycles. The molecule has 0 bridgehead atoms. The van der Waals surface area contributed by atoms with E-state index < -0.39 is 0 Å². The molecule has 2 nitrogen and oxygen atoms in total. The lowest BCUT2D eigenvalue weighted by Gasteiger charge is -2.13. The zero-order valence-electron chi connectivity index (χ0n) is 4.22. The number of rotatable bonds is 0. The fraction of sp³-hybridized carbons (Fsp3) is 1.00. The lowest BCUT2D eigenvalue weighted by molar-refractivity contribution is -0.199. The summed E-state index contributed by atoms with van der Waals surface area (Å²) >= 11 is 1.40. The highest BCUT2D eigenvalue weighted by Crippen LogP contribution is 2.20. The van der Waals surface area contributed by atoms with E-state index >= 15 is 0 Å². The van der Waals surface area contributed by atoms with Gasteiger partial charge in [0.25, 0.3) is 0 Å². The van der Waals surface area contributed by atoms with Crippen LogP contribution in [0.1, 0.15) is 13.3 Å². The minimum absolute atomic E-state index is 0.605. The van der Waals surface area contributed by atoms with E-state index in [0.717, 1.165) is 13.0 Å². The van der Waals surface area contributed by atoms with E-state index in [0.29, 0.717) is 5.25 Å². The molecule has 1 heterocycles. The van der Waals surface area contributed by atoms with Crippen LogP contribution >= 0.6 is 12.0 Å². The Bertz CT molecular complexity index is 51.7. The summed E-state index contributed by atoms with van der Waals surface area (Å²) in [7, 11) is 0. The summed E-state index contributed by atoms with van der Waals surface area (Å²) in [6, 6.07) is 0. The molecule has 0 amide bonds. The maximum atomic E-state index is 4.60. The van der Waals surface area contributed by atoms with E-state index in [1.807, 2.05) is 0 Å². The maximum absolute atomic E-state index is 4.60. The van der Waals surface area contributed by atoms with Crippen molar-refractivity contribution < 1.29 is 9.22 Å². The molecule has 1 unspecified atom stereocenters. The van der Waals surface area contributed by atoms with Crippen LogP contribution in [-0.2, 0) is 9.22 Å². The highest BCUT2D eigenvalue weighted by atomic mass is 32.2. The highest BCUT2D eigenvalue weighted by Gasteiger charge is 2.08. The summed E-state index contributed by atoms with van der Waals surface area (Å²) in [4.78, 5) is 4.60. The maximum Gasteiger partial charge on any atom is 0.0846 e. The molecule has 0 saturated carbocycles. The van der Waals surface area contributed by atoms with Gasteiger partial charge in [-0.3, -0.25) is 0 Å². The van der Waals surface area contributed by atoms with Crippen LogP contribution in [0.2, 0.25) is 0 Å². The van der Waals surface area contributed by atoms with Crippen LogP contribution in [0.3, 0.4) is 0 Å². The molecular weight excluding hydrogens is 112 g/mol. The number of hydrogen-bond donors (Lipinski definition) is 0.